The monoisotopic (exact) mass is 484 g/mol. The second-order valence-electron chi connectivity index (χ2n) is 8.18. The molecule has 0 radical (unpaired) electrons. The highest BCUT2D eigenvalue weighted by atomic mass is 19.3. The molecule has 0 unspecified atom stereocenters. The Balaban J connectivity index is 1.42. The van der Waals surface area contributed by atoms with Crippen LogP contribution in [0.25, 0.3) is 17.1 Å². The molecule has 0 aliphatic carbocycles. The van der Waals surface area contributed by atoms with E-state index in [2.05, 4.69) is 15.2 Å². The van der Waals surface area contributed by atoms with E-state index in [-0.39, 0.29) is 24.2 Å². The van der Waals surface area contributed by atoms with Crippen molar-refractivity contribution in [3.63, 3.8) is 0 Å². The van der Waals surface area contributed by atoms with Crippen molar-refractivity contribution >= 4 is 23.1 Å². The first-order valence-electron chi connectivity index (χ1n) is 10.7. The van der Waals surface area contributed by atoms with Crippen molar-refractivity contribution in [2.75, 3.05) is 18.0 Å². The van der Waals surface area contributed by atoms with Gasteiger partial charge in [-0.25, -0.2) is 9.37 Å². The van der Waals surface area contributed by atoms with Crippen molar-refractivity contribution in [1.82, 2.24) is 24.5 Å². The van der Waals surface area contributed by atoms with Crippen LogP contribution in [0.5, 0.6) is 0 Å². The number of likely N-dealkylation sites (tertiary alicyclic amines) is 1. The molecule has 3 aromatic heterocycles. The number of imidazole rings is 1. The molecule has 0 N–H and O–H groups in total. The molecular weight excluding hydrogens is 465 g/mol. The molecule has 0 saturated carbocycles. The van der Waals surface area contributed by atoms with Gasteiger partial charge in [0.15, 0.2) is 0 Å². The van der Waals surface area contributed by atoms with E-state index in [9.17, 15) is 22.8 Å². The lowest BCUT2D eigenvalue weighted by atomic mass is 9.98. The van der Waals surface area contributed by atoms with E-state index >= 15 is 0 Å². The summed E-state index contributed by atoms with van der Waals surface area (Å²) < 4.78 is 46.2. The lowest BCUT2D eigenvalue weighted by Crippen LogP contribution is -2.56. The Bertz CT molecular complexity index is 1410. The second kappa shape index (κ2) is 8.85. The van der Waals surface area contributed by atoms with Gasteiger partial charge in [0.2, 0.25) is 17.7 Å². The number of amides is 2. The molecule has 35 heavy (non-hydrogen) atoms. The summed E-state index contributed by atoms with van der Waals surface area (Å²) in [7, 11) is 0. The number of carbonyl (C=O) groups is 2. The molecule has 1 aliphatic heterocycles. The molecule has 2 amide bonds. The Kier molecular flexibility index (Phi) is 5.71. The number of pyridine rings is 1. The van der Waals surface area contributed by atoms with E-state index in [1.54, 1.807) is 39.9 Å². The summed E-state index contributed by atoms with van der Waals surface area (Å²) in [6.45, 7) is 2.11. The molecule has 1 saturated heterocycles. The molecule has 4 heterocycles. The molecule has 180 valence electrons. The van der Waals surface area contributed by atoms with Gasteiger partial charge in [-0.05, 0) is 30.3 Å². The smallest absolute Gasteiger partial charge is 0.314 e. The summed E-state index contributed by atoms with van der Waals surface area (Å²) in [4.78, 5) is 32.3. The van der Waals surface area contributed by atoms with Gasteiger partial charge in [0, 0.05) is 43.7 Å². The van der Waals surface area contributed by atoms with Gasteiger partial charge in [0.1, 0.15) is 11.5 Å². The Morgan fingerprint density at radius 1 is 1.20 bits per heavy atom. The van der Waals surface area contributed by atoms with Crippen LogP contribution in [0.1, 0.15) is 24.9 Å². The van der Waals surface area contributed by atoms with Crippen molar-refractivity contribution < 1.29 is 27.2 Å². The van der Waals surface area contributed by atoms with Crippen molar-refractivity contribution in [3.8, 4) is 11.5 Å². The number of hydrogen-bond acceptors (Lipinski definition) is 6. The third kappa shape index (κ3) is 4.46. The first kappa shape index (κ1) is 22.6. The van der Waals surface area contributed by atoms with E-state index in [4.69, 9.17) is 4.42 Å². The van der Waals surface area contributed by atoms with Gasteiger partial charge in [-0.15, -0.1) is 10.2 Å². The number of alkyl halides is 2. The summed E-state index contributed by atoms with van der Waals surface area (Å²) in [5, 5.41) is 6.97. The number of aromatic nitrogens is 4. The maximum absolute atomic E-state index is 13.9. The van der Waals surface area contributed by atoms with E-state index in [1.807, 2.05) is 0 Å². The Hall–Kier alpha value is -4.22. The van der Waals surface area contributed by atoms with Crippen molar-refractivity contribution in [1.29, 1.82) is 0 Å². The van der Waals surface area contributed by atoms with Gasteiger partial charge in [0.05, 0.1) is 18.2 Å². The van der Waals surface area contributed by atoms with Crippen LogP contribution < -0.4 is 4.90 Å². The van der Waals surface area contributed by atoms with Crippen LogP contribution in [-0.2, 0) is 16.1 Å². The van der Waals surface area contributed by atoms with Gasteiger partial charge in [-0.2, -0.15) is 8.78 Å². The topological polar surface area (TPSA) is 96.8 Å². The van der Waals surface area contributed by atoms with E-state index in [0.717, 1.165) is 0 Å². The Morgan fingerprint density at radius 2 is 2.00 bits per heavy atom. The molecule has 0 bridgehead atoms. The SMILES string of the molecule is CC(=O)N1CC(C(=O)N(Cc2cn3ccc(-c4nnc(C(F)F)o4)cc3n2)c2cccc(F)c2)C1. The predicted molar refractivity (Wildman–Crippen MR) is 117 cm³/mol. The molecule has 12 heteroatoms. The summed E-state index contributed by atoms with van der Waals surface area (Å²) in [6.07, 6.45) is 0.487. The van der Waals surface area contributed by atoms with E-state index in [1.165, 1.54) is 30.0 Å². The normalized spacial score (nSPS) is 13.9. The average molecular weight is 484 g/mol. The maximum Gasteiger partial charge on any atom is 0.314 e. The molecule has 0 atom stereocenters. The van der Waals surface area contributed by atoms with Crippen LogP contribution in [0.2, 0.25) is 0 Å². The fourth-order valence-corrected chi connectivity index (χ4v) is 3.90. The quantitative estimate of drug-likeness (QED) is 0.416. The van der Waals surface area contributed by atoms with Crippen LogP contribution in [0.15, 0.2) is 53.2 Å². The molecule has 1 aliphatic rings. The molecule has 9 nitrogen and oxygen atoms in total. The van der Waals surface area contributed by atoms with Gasteiger partial charge >= 0.3 is 6.43 Å². The van der Waals surface area contributed by atoms with Crippen LogP contribution in [0.3, 0.4) is 0 Å². The minimum absolute atomic E-state index is 0.0615. The number of anilines is 1. The second-order valence-corrected chi connectivity index (χ2v) is 8.18. The van der Waals surface area contributed by atoms with Crippen LogP contribution in [-0.4, -0.2) is 49.4 Å². The Morgan fingerprint density at radius 3 is 2.69 bits per heavy atom. The lowest BCUT2D eigenvalue weighted by Gasteiger charge is -2.40. The van der Waals surface area contributed by atoms with Gasteiger partial charge < -0.3 is 18.6 Å². The van der Waals surface area contributed by atoms with Crippen molar-refractivity contribution in [2.45, 2.75) is 19.9 Å². The zero-order chi connectivity index (χ0) is 24.7. The molecule has 1 fully saturated rings. The number of benzene rings is 1. The van der Waals surface area contributed by atoms with Crippen molar-refractivity contribution in [2.24, 2.45) is 5.92 Å². The molecule has 0 spiro atoms. The lowest BCUT2D eigenvalue weighted by molar-refractivity contribution is -0.140. The molecule has 4 aromatic rings. The first-order chi connectivity index (χ1) is 16.8. The molecule has 5 rings (SSSR count). The predicted octanol–water partition coefficient (Wildman–Crippen LogP) is 3.47. The highest BCUT2D eigenvalue weighted by molar-refractivity contribution is 5.96. The number of hydrogen-bond donors (Lipinski definition) is 0. The number of carbonyl (C=O) groups excluding carboxylic acids is 2. The van der Waals surface area contributed by atoms with Gasteiger partial charge in [-0.3, -0.25) is 9.59 Å². The van der Waals surface area contributed by atoms with Crippen LogP contribution >= 0.6 is 0 Å². The fourth-order valence-electron chi connectivity index (χ4n) is 3.90. The third-order valence-corrected chi connectivity index (χ3v) is 5.77. The largest absolute Gasteiger partial charge is 0.415 e. The molecular formula is C23H19F3N6O3. The van der Waals surface area contributed by atoms with E-state index < -0.39 is 24.1 Å². The van der Waals surface area contributed by atoms with Gasteiger partial charge in [0.25, 0.3) is 5.89 Å². The Labute approximate surface area is 196 Å². The third-order valence-electron chi connectivity index (χ3n) is 5.77. The minimum Gasteiger partial charge on any atom is -0.415 e. The zero-order valence-corrected chi connectivity index (χ0v) is 18.4. The van der Waals surface area contributed by atoms with Crippen LogP contribution in [0.4, 0.5) is 18.9 Å². The van der Waals surface area contributed by atoms with E-state index in [0.29, 0.717) is 35.7 Å². The number of nitrogens with zero attached hydrogens (tertiary/aromatic N) is 6. The summed E-state index contributed by atoms with van der Waals surface area (Å²) in [6, 6.07) is 8.91. The number of fused-ring (bicyclic) bond motifs is 1. The first-order valence-corrected chi connectivity index (χ1v) is 10.7. The summed E-state index contributed by atoms with van der Waals surface area (Å²) in [5.41, 5.74) is 1.76. The fraction of sp³-hybridized carbons (Fsp3) is 0.261. The minimum atomic E-state index is -2.87. The standard InChI is InChI=1S/C23H19F3N6O3/c1-13(33)31-9-15(10-31)23(34)32(18-4-2-3-16(24)8-18)12-17-11-30-6-5-14(7-19(30)27-17)21-28-29-22(35-21)20(25)26/h2-8,11,15,20H,9-10,12H2,1H3. The highest BCUT2D eigenvalue weighted by Crippen LogP contribution is 2.27. The number of rotatable bonds is 6. The summed E-state index contributed by atoms with van der Waals surface area (Å²) in [5.74, 6) is -2.06. The van der Waals surface area contributed by atoms with Gasteiger partial charge in [-0.1, -0.05) is 6.07 Å². The molecule has 1 aromatic carbocycles. The zero-order valence-electron chi connectivity index (χ0n) is 18.4. The number of halogens is 3. The highest BCUT2D eigenvalue weighted by Gasteiger charge is 2.37. The maximum atomic E-state index is 13.9. The summed E-state index contributed by atoms with van der Waals surface area (Å²) >= 11 is 0. The van der Waals surface area contributed by atoms with Crippen LogP contribution in [0, 0.1) is 11.7 Å². The van der Waals surface area contributed by atoms with Crippen molar-refractivity contribution in [3.05, 3.63) is 66.2 Å². The average Bonchev–Trinajstić information content (AvgIpc) is 3.42.